The Bertz CT molecular complexity index is 1040. The fourth-order valence-corrected chi connectivity index (χ4v) is 3.23. The molecule has 5 N–H and O–H groups in total. The van der Waals surface area contributed by atoms with Gasteiger partial charge in [-0.3, -0.25) is 0 Å². The first-order valence-corrected chi connectivity index (χ1v) is 9.02. The van der Waals surface area contributed by atoms with E-state index in [0.29, 0.717) is 12.0 Å². The number of nitrogens with two attached hydrogens (primary N) is 1. The monoisotopic (exact) mass is 394 g/mol. The first kappa shape index (κ1) is 20.3. The van der Waals surface area contributed by atoms with Crippen molar-refractivity contribution in [2.24, 2.45) is 0 Å². The summed E-state index contributed by atoms with van der Waals surface area (Å²) < 4.78 is 19.7. The molecule has 0 saturated carbocycles. The molecule has 1 aliphatic heterocycles. The van der Waals surface area contributed by atoms with Crippen LogP contribution in [0.4, 0.5) is 10.2 Å². The lowest BCUT2D eigenvalue weighted by Gasteiger charge is -2.21. The van der Waals surface area contributed by atoms with Crippen molar-refractivity contribution in [3.8, 4) is 11.9 Å². The van der Waals surface area contributed by atoms with Crippen LogP contribution in [0.3, 0.4) is 0 Å². The summed E-state index contributed by atoms with van der Waals surface area (Å²) in [5, 5.41) is 31.3. The van der Waals surface area contributed by atoms with Crippen LogP contribution >= 0.6 is 0 Å². The molecule has 148 valence electrons. The molecule has 1 aliphatic rings. The highest BCUT2D eigenvalue weighted by atomic mass is 19.1. The molecule has 0 aliphatic carbocycles. The Kier molecular flexibility index (Phi) is 5.80. The Morgan fingerprint density at radius 1 is 1.52 bits per heavy atom. The van der Waals surface area contributed by atoms with Gasteiger partial charge in [-0.2, -0.15) is 5.26 Å². The van der Waals surface area contributed by atoms with Gasteiger partial charge >= 0.3 is 6.92 Å². The molecular weight excluding hydrogens is 374 g/mol. The molecule has 3 rings (SSSR count). The first-order chi connectivity index (χ1) is 13.8. The average molecular weight is 394 g/mol. The molecule has 2 bridgehead atoms. The van der Waals surface area contributed by atoms with Gasteiger partial charge in [-0.1, -0.05) is 6.07 Å². The number of rotatable bonds is 1. The van der Waals surface area contributed by atoms with Gasteiger partial charge in [0.05, 0.1) is 17.5 Å². The maximum Gasteiger partial charge on any atom is 0.344 e. The van der Waals surface area contributed by atoms with Crippen LogP contribution in [0.15, 0.2) is 30.1 Å². The number of nitrogens with one attached hydrogen (secondary N) is 2. The van der Waals surface area contributed by atoms with Crippen molar-refractivity contribution in [2.45, 2.75) is 25.8 Å². The average Bonchev–Trinajstić information content (AvgIpc) is 2.71. The van der Waals surface area contributed by atoms with E-state index in [2.05, 4.69) is 15.3 Å². The zero-order valence-corrected chi connectivity index (χ0v) is 16.0. The third-order valence-corrected chi connectivity index (χ3v) is 4.76. The summed E-state index contributed by atoms with van der Waals surface area (Å²) in [6.45, 7) is 0.569. The summed E-state index contributed by atoms with van der Waals surface area (Å²) in [4.78, 5) is 8.39. The van der Waals surface area contributed by atoms with Gasteiger partial charge in [0.2, 0.25) is 0 Å². The predicted molar refractivity (Wildman–Crippen MR) is 108 cm³/mol. The number of nitriles is 1. The zero-order valence-electron chi connectivity index (χ0n) is 16.0. The fourth-order valence-electron chi connectivity index (χ4n) is 3.23. The van der Waals surface area contributed by atoms with Crippen molar-refractivity contribution in [1.82, 2.24) is 15.3 Å². The number of hydrogen-bond donors (Lipinski definition) is 4. The summed E-state index contributed by atoms with van der Waals surface area (Å²) in [5.74, 6) is -0.394. The second-order valence-electron chi connectivity index (χ2n) is 6.63. The summed E-state index contributed by atoms with van der Waals surface area (Å²) in [7, 11) is 1.54. The van der Waals surface area contributed by atoms with Gasteiger partial charge in [-0.05, 0) is 42.9 Å². The van der Waals surface area contributed by atoms with Gasteiger partial charge in [0.1, 0.15) is 23.7 Å². The quantitative estimate of drug-likeness (QED) is 0.428. The summed E-state index contributed by atoms with van der Waals surface area (Å²) in [5.41, 5.74) is 7.43. The van der Waals surface area contributed by atoms with Gasteiger partial charge in [-0.15, -0.1) is 0 Å². The fraction of sp³-hybridized carbons (Fsp3) is 0.263. The van der Waals surface area contributed by atoms with E-state index in [-0.39, 0.29) is 40.6 Å². The highest BCUT2D eigenvalue weighted by Crippen LogP contribution is 2.30. The molecule has 29 heavy (non-hydrogen) atoms. The van der Waals surface area contributed by atoms with Crippen molar-refractivity contribution in [3.63, 3.8) is 0 Å². The topological polar surface area (TPSA) is 141 Å². The SMILES string of the molecule is CN/C(C#N)=C1\C(=N)B(O)CCc2ccc(F)cc2C(C)Oc2nc1cnc2N. The van der Waals surface area contributed by atoms with Crippen molar-refractivity contribution in [1.29, 1.82) is 10.7 Å². The highest BCUT2D eigenvalue weighted by Gasteiger charge is 2.28. The van der Waals surface area contributed by atoms with Crippen LogP contribution in [0.25, 0.3) is 5.57 Å². The van der Waals surface area contributed by atoms with Crippen LogP contribution in [0.5, 0.6) is 5.88 Å². The molecule has 2 heterocycles. The maximum absolute atomic E-state index is 13.8. The van der Waals surface area contributed by atoms with Crippen LogP contribution in [-0.2, 0) is 6.42 Å². The van der Waals surface area contributed by atoms with Crippen LogP contribution in [0.1, 0.15) is 29.8 Å². The van der Waals surface area contributed by atoms with E-state index in [0.717, 1.165) is 5.56 Å². The molecular formula is C19H20BFN6O2. The Labute approximate surface area is 167 Å². The lowest BCUT2D eigenvalue weighted by molar-refractivity contribution is 0.216. The van der Waals surface area contributed by atoms with Crippen molar-refractivity contribution in [2.75, 3.05) is 12.8 Å². The Morgan fingerprint density at radius 3 is 2.97 bits per heavy atom. The van der Waals surface area contributed by atoms with E-state index >= 15 is 0 Å². The van der Waals surface area contributed by atoms with Crippen molar-refractivity contribution in [3.05, 3.63) is 52.7 Å². The number of fused-ring (bicyclic) bond motifs is 3. The lowest BCUT2D eigenvalue weighted by Crippen LogP contribution is -2.30. The molecule has 8 nitrogen and oxygen atoms in total. The Hall–Kier alpha value is -3.45. The summed E-state index contributed by atoms with van der Waals surface area (Å²) in [6, 6.07) is 6.31. The molecule has 0 spiro atoms. The van der Waals surface area contributed by atoms with Crippen LogP contribution < -0.4 is 15.8 Å². The molecule has 1 unspecified atom stereocenters. The summed E-state index contributed by atoms with van der Waals surface area (Å²) in [6.07, 6.45) is 1.32. The molecule has 0 saturated heterocycles. The molecule has 1 atom stereocenters. The summed E-state index contributed by atoms with van der Waals surface area (Å²) >= 11 is 0. The second-order valence-corrected chi connectivity index (χ2v) is 6.63. The number of ether oxygens (including phenoxy) is 1. The van der Waals surface area contributed by atoms with Gasteiger partial charge in [-0.25, -0.2) is 14.4 Å². The minimum atomic E-state index is -1.17. The normalized spacial score (nSPS) is 18.5. The molecule has 0 fully saturated rings. The van der Waals surface area contributed by atoms with Gasteiger partial charge in [0.25, 0.3) is 5.88 Å². The van der Waals surface area contributed by atoms with E-state index in [1.807, 2.05) is 6.07 Å². The van der Waals surface area contributed by atoms with E-state index in [4.69, 9.17) is 15.9 Å². The van der Waals surface area contributed by atoms with Crippen LogP contribution in [-0.4, -0.2) is 34.6 Å². The zero-order chi connectivity index (χ0) is 21.1. The third-order valence-electron chi connectivity index (χ3n) is 4.76. The molecule has 1 aromatic heterocycles. The van der Waals surface area contributed by atoms with Crippen LogP contribution in [0, 0.1) is 22.6 Å². The number of aryl methyl sites for hydroxylation is 1. The van der Waals surface area contributed by atoms with Crippen molar-refractivity contribution >= 4 is 23.9 Å². The van der Waals surface area contributed by atoms with E-state index in [1.165, 1.54) is 25.4 Å². The minimum absolute atomic E-state index is 0.000956. The number of allylic oxidation sites excluding steroid dienone is 2. The second kappa shape index (κ2) is 8.28. The molecule has 1 aromatic carbocycles. The number of aromatic nitrogens is 2. The van der Waals surface area contributed by atoms with Gasteiger partial charge in [0, 0.05) is 12.7 Å². The number of nitrogen functional groups attached to an aromatic ring is 1. The number of benzene rings is 1. The Morgan fingerprint density at radius 2 is 2.28 bits per heavy atom. The number of anilines is 1. The lowest BCUT2D eigenvalue weighted by atomic mass is 9.56. The van der Waals surface area contributed by atoms with Crippen molar-refractivity contribution < 1.29 is 14.2 Å². The number of nitrogens with zero attached hydrogens (tertiary/aromatic N) is 3. The molecule has 10 heteroatoms. The highest BCUT2D eigenvalue weighted by molar-refractivity contribution is 6.92. The molecule has 0 radical (unpaired) electrons. The maximum atomic E-state index is 13.8. The van der Waals surface area contributed by atoms with Crippen LogP contribution in [0.2, 0.25) is 6.32 Å². The van der Waals surface area contributed by atoms with E-state index in [1.54, 1.807) is 13.0 Å². The predicted octanol–water partition coefficient (Wildman–Crippen LogP) is 1.89. The minimum Gasteiger partial charge on any atom is -0.467 e. The molecule has 0 amide bonds. The third kappa shape index (κ3) is 4.05. The smallest absolute Gasteiger partial charge is 0.344 e. The van der Waals surface area contributed by atoms with E-state index < -0.39 is 18.8 Å². The van der Waals surface area contributed by atoms with Gasteiger partial charge < -0.3 is 26.2 Å². The van der Waals surface area contributed by atoms with E-state index in [9.17, 15) is 14.7 Å². The Balaban J connectivity index is 2.22. The first-order valence-electron chi connectivity index (χ1n) is 9.02. The largest absolute Gasteiger partial charge is 0.467 e. The number of halogens is 1. The number of hydrogen-bond acceptors (Lipinski definition) is 8. The molecule has 2 aromatic rings. The van der Waals surface area contributed by atoms with Gasteiger partial charge in [0.15, 0.2) is 5.82 Å². The standard InChI is InChI=1S/C19H20BFN6O2/c1-10-13-7-12(21)4-3-11(13)5-6-20(28)17(23)16(14(8-22)25-2)15-9-26-18(24)19(27-15)29-10/h3-4,7,9-10,23,25,28H,5-6H2,1-2H3,(H2,24,26)/b16-14-,23-17?.